The number of likely N-dealkylation sites (tertiary alicyclic amines) is 1. The predicted octanol–water partition coefficient (Wildman–Crippen LogP) is 4.74. The zero-order valence-corrected chi connectivity index (χ0v) is 21.1. The summed E-state index contributed by atoms with van der Waals surface area (Å²) in [7, 11) is 0. The molecule has 6 nitrogen and oxygen atoms in total. The van der Waals surface area contributed by atoms with Crippen LogP contribution in [0.15, 0.2) is 54.9 Å². The number of hydrogen-bond donors (Lipinski definition) is 1. The molecule has 184 valence electrons. The number of benzene rings is 2. The van der Waals surface area contributed by atoms with E-state index in [1.165, 1.54) is 34.9 Å². The monoisotopic (exact) mass is 479 g/mol. The van der Waals surface area contributed by atoms with E-state index in [1.807, 2.05) is 0 Å². The molecule has 6 heteroatoms. The van der Waals surface area contributed by atoms with Crippen molar-refractivity contribution in [3.05, 3.63) is 88.6 Å². The number of piperidine rings is 1. The Morgan fingerprint density at radius 2 is 1.97 bits per heavy atom. The molecule has 4 heterocycles. The van der Waals surface area contributed by atoms with Gasteiger partial charge in [-0.05, 0) is 93.3 Å². The van der Waals surface area contributed by atoms with E-state index >= 15 is 0 Å². The summed E-state index contributed by atoms with van der Waals surface area (Å²) in [4.78, 5) is 23.4. The molecule has 0 spiro atoms. The zero-order valence-electron chi connectivity index (χ0n) is 21.1. The number of pyridine rings is 1. The molecule has 2 aliphatic heterocycles. The van der Waals surface area contributed by atoms with E-state index in [2.05, 4.69) is 76.8 Å². The van der Waals surface area contributed by atoms with Gasteiger partial charge in [0.1, 0.15) is 12.0 Å². The van der Waals surface area contributed by atoms with Crippen LogP contribution in [0.25, 0.3) is 16.6 Å². The number of carbonyl (C=O) groups excluding carboxylic acids is 1. The number of amides is 1. The second-order valence-corrected chi connectivity index (χ2v) is 10.4. The summed E-state index contributed by atoms with van der Waals surface area (Å²) in [5, 5.41) is 1.31. The fourth-order valence-electron chi connectivity index (χ4n) is 6.38. The van der Waals surface area contributed by atoms with Crippen LogP contribution in [0.1, 0.15) is 64.2 Å². The van der Waals surface area contributed by atoms with Gasteiger partial charge in [0.05, 0.1) is 16.9 Å². The highest BCUT2D eigenvalue weighted by Crippen LogP contribution is 2.36. The van der Waals surface area contributed by atoms with Crippen molar-refractivity contribution < 1.29 is 4.79 Å². The quantitative estimate of drug-likeness (QED) is 0.449. The topological polar surface area (TPSA) is 77.0 Å². The fourth-order valence-corrected chi connectivity index (χ4v) is 6.38. The Morgan fingerprint density at radius 3 is 2.81 bits per heavy atom. The summed E-state index contributed by atoms with van der Waals surface area (Å²) < 4.78 is 2.05. The third kappa shape index (κ3) is 3.99. The maximum Gasteiger partial charge on any atom is 0.269 e. The highest BCUT2D eigenvalue weighted by atomic mass is 16.1. The average molecular weight is 480 g/mol. The van der Waals surface area contributed by atoms with Gasteiger partial charge in [-0.3, -0.25) is 9.78 Å². The normalized spacial score (nSPS) is 19.7. The molecule has 1 saturated heterocycles. The number of primary amides is 1. The minimum absolute atomic E-state index is 0.403. The van der Waals surface area contributed by atoms with Crippen molar-refractivity contribution in [3.8, 4) is 5.69 Å². The molecule has 2 aromatic carbocycles. The van der Waals surface area contributed by atoms with E-state index in [0.29, 0.717) is 17.7 Å². The van der Waals surface area contributed by atoms with Crippen LogP contribution in [0.4, 0.5) is 0 Å². The molecule has 2 aliphatic rings. The maximum absolute atomic E-state index is 11.8. The number of aryl methyl sites for hydroxylation is 1. The van der Waals surface area contributed by atoms with Crippen molar-refractivity contribution in [2.75, 3.05) is 13.1 Å². The Hall–Kier alpha value is -3.51. The van der Waals surface area contributed by atoms with Crippen LogP contribution in [-0.2, 0) is 19.3 Å². The molecule has 4 aromatic rings. The Kier molecular flexibility index (Phi) is 5.84. The van der Waals surface area contributed by atoms with Crippen LogP contribution in [-0.4, -0.2) is 44.5 Å². The van der Waals surface area contributed by atoms with Gasteiger partial charge < -0.3 is 15.2 Å². The number of carbonyl (C=O) groups is 1. The van der Waals surface area contributed by atoms with Crippen LogP contribution in [0.5, 0.6) is 0 Å². The molecule has 0 aliphatic carbocycles. The molecule has 0 saturated carbocycles. The Morgan fingerprint density at radius 1 is 1.11 bits per heavy atom. The maximum atomic E-state index is 11.8. The van der Waals surface area contributed by atoms with Crippen LogP contribution < -0.4 is 5.73 Å². The highest BCUT2D eigenvalue weighted by molar-refractivity contribution is 5.92. The van der Waals surface area contributed by atoms with Crippen LogP contribution in [0.2, 0.25) is 0 Å². The van der Waals surface area contributed by atoms with Gasteiger partial charge in [0.2, 0.25) is 0 Å². The number of nitrogens with two attached hydrogens (primary N) is 1. The van der Waals surface area contributed by atoms with Gasteiger partial charge in [-0.2, -0.15) is 0 Å². The standard InChI is InChI=1S/C30H33N5O/c1-19-9-10-25-23(6-4-7-26(25)33-19)22-14-16-34(20(2)17-22)15-13-21-5-3-8-27-24(21)11-12-28-29(30(31)36)32-18-35(27)28/h3-10,18,20,22H,11-17H2,1-2H3,(H2,31,36). The number of rotatable bonds is 5. The minimum Gasteiger partial charge on any atom is -0.364 e. The molecule has 2 unspecified atom stereocenters. The average Bonchev–Trinajstić information content (AvgIpc) is 3.32. The fraction of sp³-hybridized carbons (Fsp3) is 0.367. The molecular weight excluding hydrogens is 446 g/mol. The molecule has 1 fully saturated rings. The second-order valence-electron chi connectivity index (χ2n) is 10.4. The summed E-state index contributed by atoms with van der Waals surface area (Å²) in [6, 6.07) is 18.0. The van der Waals surface area contributed by atoms with Crippen molar-refractivity contribution in [3.63, 3.8) is 0 Å². The number of imidazole rings is 1. The molecule has 2 N–H and O–H groups in total. The van der Waals surface area contributed by atoms with E-state index < -0.39 is 5.91 Å². The van der Waals surface area contributed by atoms with Gasteiger partial charge >= 0.3 is 0 Å². The van der Waals surface area contributed by atoms with E-state index in [-0.39, 0.29) is 0 Å². The van der Waals surface area contributed by atoms with Gasteiger partial charge in [-0.25, -0.2) is 4.98 Å². The Bertz CT molecular complexity index is 1460. The number of hydrogen-bond acceptors (Lipinski definition) is 4. The molecule has 6 rings (SSSR count). The van der Waals surface area contributed by atoms with Crippen molar-refractivity contribution in [2.24, 2.45) is 5.73 Å². The summed E-state index contributed by atoms with van der Waals surface area (Å²) in [5.74, 6) is 0.128. The third-order valence-corrected chi connectivity index (χ3v) is 8.25. The number of aromatic nitrogens is 3. The lowest BCUT2D eigenvalue weighted by Gasteiger charge is -2.38. The van der Waals surface area contributed by atoms with Gasteiger partial charge in [0.15, 0.2) is 0 Å². The van der Waals surface area contributed by atoms with Crippen molar-refractivity contribution in [1.29, 1.82) is 0 Å². The van der Waals surface area contributed by atoms with Crippen LogP contribution in [0, 0.1) is 6.92 Å². The second kappa shape index (κ2) is 9.17. The van der Waals surface area contributed by atoms with Crippen LogP contribution in [0.3, 0.4) is 0 Å². The molecule has 2 atom stereocenters. The van der Waals surface area contributed by atoms with E-state index in [4.69, 9.17) is 10.7 Å². The summed E-state index contributed by atoms with van der Waals surface area (Å²) >= 11 is 0. The van der Waals surface area contributed by atoms with Crippen molar-refractivity contribution in [1.82, 2.24) is 19.4 Å². The third-order valence-electron chi connectivity index (χ3n) is 8.25. The molecule has 36 heavy (non-hydrogen) atoms. The predicted molar refractivity (Wildman–Crippen MR) is 143 cm³/mol. The molecule has 0 radical (unpaired) electrons. The lowest BCUT2D eigenvalue weighted by molar-refractivity contribution is 0.0995. The molecule has 2 aromatic heterocycles. The summed E-state index contributed by atoms with van der Waals surface area (Å²) in [6.45, 7) is 6.61. The first-order valence-electron chi connectivity index (χ1n) is 13.1. The van der Waals surface area contributed by atoms with Crippen molar-refractivity contribution in [2.45, 2.75) is 57.9 Å². The highest BCUT2D eigenvalue weighted by Gasteiger charge is 2.28. The summed E-state index contributed by atoms with van der Waals surface area (Å²) in [5.41, 5.74) is 14.4. The van der Waals surface area contributed by atoms with Gasteiger partial charge in [0, 0.05) is 23.7 Å². The van der Waals surface area contributed by atoms with E-state index in [1.54, 1.807) is 6.33 Å². The van der Waals surface area contributed by atoms with Gasteiger partial charge in [-0.15, -0.1) is 0 Å². The smallest absolute Gasteiger partial charge is 0.269 e. The number of nitrogens with zero attached hydrogens (tertiary/aromatic N) is 4. The summed E-state index contributed by atoms with van der Waals surface area (Å²) in [6.07, 6.45) is 6.84. The van der Waals surface area contributed by atoms with Crippen molar-refractivity contribution >= 4 is 16.8 Å². The first kappa shape index (κ1) is 22.9. The first-order chi connectivity index (χ1) is 17.5. The molecule has 0 bridgehead atoms. The van der Waals surface area contributed by atoms with Crippen LogP contribution >= 0.6 is 0 Å². The lowest BCUT2D eigenvalue weighted by atomic mass is 9.83. The van der Waals surface area contributed by atoms with Gasteiger partial charge in [-0.1, -0.05) is 30.3 Å². The Labute approximate surface area is 212 Å². The SMILES string of the molecule is Cc1ccc2c(C3CCN(CCc4cccc5c4CCc4c(C(N)=O)ncn4-5)C(C)C3)cccc2n1. The van der Waals surface area contributed by atoms with Gasteiger partial charge in [0.25, 0.3) is 5.91 Å². The van der Waals surface area contributed by atoms with E-state index in [0.717, 1.165) is 54.9 Å². The first-order valence-corrected chi connectivity index (χ1v) is 13.1. The zero-order chi connectivity index (χ0) is 24.8. The lowest BCUT2D eigenvalue weighted by Crippen LogP contribution is -2.41. The molecule has 1 amide bonds. The van der Waals surface area contributed by atoms with E-state index in [9.17, 15) is 4.79 Å². The minimum atomic E-state index is -0.448. The number of fused-ring (bicyclic) bond motifs is 4. The Balaban J connectivity index is 1.16. The molecular formula is C30H33N5O. The largest absolute Gasteiger partial charge is 0.364 e.